The number of benzene rings is 1. The van der Waals surface area contributed by atoms with Gasteiger partial charge in [-0.05, 0) is 24.5 Å². The summed E-state index contributed by atoms with van der Waals surface area (Å²) in [6, 6.07) is 8.42. The predicted octanol–water partition coefficient (Wildman–Crippen LogP) is 5.03. The van der Waals surface area contributed by atoms with E-state index in [4.69, 9.17) is 16.6 Å². The smallest absolute Gasteiger partial charge is 0.111 e. The zero-order chi connectivity index (χ0) is 14.4. The molecule has 1 heterocycles. The molecule has 0 aliphatic heterocycles. The van der Waals surface area contributed by atoms with E-state index in [0.29, 0.717) is 5.88 Å². The number of hydrogen-bond donors (Lipinski definition) is 0. The van der Waals surface area contributed by atoms with Crippen molar-refractivity contribution in [2.45, 2.75) is 52.5 Å². The molecule has 0 N–H and O–H groups in total. The molecule has 1 aromatic carbocycles. The van der Waals surface area contributed by atoms with Crippen LogP contribution in [0.15, 0.2) is 24.3 Å². The third-order valence-electron chi connectivity index (χ3n) is 4.04. The maximum absolute atomic E-state index is 5.94. The number of para-hydroxylation sites is 2. The van der Waals surface area contributed by atoms with E-state index >= 15 is 0 Å². The molecular formula is C17H25ClN2. The Morgan fingerprint density at radius 2 is 2.05 bits per heavy atom. The van der Waals surface area contributed by atoms with Crippen molar-refractivity contribution in [2.75, 3.05) is 5.88 Å². The molecule has 0 bridgehead atoms. The summed E-state index contributed by atoms with van der Waals surface area (Å²) in [5.41, 5.74) is 2.35. The lowest BCUT2D eigenvalue weighted by Crippen LogP contribution is -2.13. The summed E-state index contributed by atoms with van der Waals surface area (Å²) in [4.78, 5) is 4.75. The molecule has 1 aromatic heterocycles. The Bertz CT molecular complexity index is 533. The van der Waals surface area contributed by atoms with Crippen molar-refractivity contribution in [3.63, 3.8) is 0 Å². The summed E-state index contributed by atoms with van der Waals surface area (Å²) < 4.78 is 2.39. The minimum atomic E-state index is 0.634. The maximum Gasteiger partial charge on any atom is 0.111 e. The molecule has 0 aliphatic rings. The van der Waals surface area contributed by atoms with Gasteiger partial charge in [-0.2, -0.15) is 0 Å². The van der Waals surface area contributed by atoms with Gasteiger partial charge in [-0.1, -0.05) is 45.2 Å². The molecule has 0 saturated carbocycles. The number of nitrogens with zero attached hydrogens (tertiary/aromatic N) is 2. The van der Waals surface area contributed by atoms with Crippen molar-refractivity contribution in [2.24, 2.45) is 5.92 Å². The summed E-state index contributed by atoms with van der Waals surface area (Å²) in [6.45, 7) is 5.63. The molecule has 0 radical (unpaired) electrons. The van der Waals surface area contributed by atoms with E-state index in [1.165, 1.54) is 31.2 Å². The third kappa shape index (κ3) is 3.54. The maximum atomic E-state index is 5.94. The molecule has 0 aliphatic carbocycles. The largest absolute Gasteiger partial charge is 0.328 e. The number of unbranched alkanes of at least 4 members (excludes halogenated alkanes) is 1. The van der Waals surface area contributed by atoms with E-state index in [1.807, 2.05) is 0 Å². The van der Waals surface area contributed by atoms with Crippen LogP contribution in [0.1, 0.15) is 45.4 Å². The quantitative estimate of drug-likeness (QED) is 0.624. The number of halogens is 1. The van der Waals surface area contributed by atoms with E-state index in [1.54, 1.807) is 0 Å². The molecule has 20 heavy (non-hydrogen) atoms. The zero-order valence-electron chi connectivity index (χ0n) is 12.6. The summed E-state index contributed by atoms with van der Waals surface area (Å²) in [5.74, 6) is 2.51. The van der Waals surface area contributed by atoms with Crippen LogP contribution >= 0.6 is 11.6 Å². The van der Waals surface area contributed by atoms with Crippen LogP contribution < -0.4 is 0 Å². The van der Waals surface area contributed by atoms with E-state index < -0.39 is 0 Å². The number of aryl methyl sites for hydroxylation is 1. The second-order valence-corrected chi connectivity index (χ2v) is 5.86. The Balaban J connectivity index is 2.27. The van der Waals surface area contributed by atoms with Crippen molar-refractivity contribution in [1.82, 2.24) is 9.55 Å². The first-order chi connectivity index (χ1) is 9.80. The average molecular weight is 293 g/mol. The molecule has 2 rings (SSSR count). The highest BCUT2D eigenvalue weighted by molar-refractivity contribution is 6.17. The first-order valence-corrected chi connectivity index (χ1v) is 8.33. The van der Waals surface area contributed by atoms with Gasteiger partial charge in [0, 0.05) is 18.8 Å². The lowest BCUT2D eigenvalue weighted by molar-refractivity contribution is 0.390. The first kappa shape index (κ1) is 15.4. The van der Waals surface area contributed by atoms with Crippen LogP contribution in [0.2, 0.25) is 0 Å². The highest BCUT2D eigenvalue weighted by atomic mass is 35.5. The Kier molecular flexibility index (Phi) is 5.90. The Labute approximate surface area is 127 Å². The first-order valence-electron chi connectivity index (χ1n) is 7.80. The SMILES string of the molecule is CCCCC(CC)Cn1c(CCCl)nc2ccccc21. The highest BCUT2D eigenvalue weighted by Gasteiger charge is 2.14. The number of fused-ring (bicyclic) bond motifs is 1. The van der Waals surface area contributed by atoms with Crippen molar-refractivity contribution in [1.29, 1.82) is 0 Å². The van der Waals surface area contributed by atoms with Gasteiger partial charge >= 0.3 is 0 Å². The molecule has 0 amide bonds. The van der Waals surface area contributed by atoms with E-state index in [9.17, 15) is 0 Å². The van der Waals surface area contributed by atoms with Crippen molar-refractivity contribution in [3.8, 4) is 0 Å². The number of imidazole rings is 1. The van der Waals surface area contributed by atoms with Crippen molar-refractivity contribution in [3.05, 3.63) is 30.1 Å². The summed E-state index contributed by atoms with van der Waals surface area (Å²) in [7, 11) is 0. The third-order valence-corrected chi connectivity index (χ3v) is 4.22. The Hall–Kier alpha value is -1.02. The van der Waals surface area contributed by atoms with Crippen LogP contribution in [0.3, 0.4) is 0 Å². The lowest BCUT2D eigenvalue weighted by Gasteiger charge is -2.17. The van der Waals surface area contributed by atoms with Crippen molar-refractivity contribution >= 4 is 22.6 Å². The fraction of sp³-hybridized carbons (Fsp3) is 0.588. The van der Waals surface area contributed by atoms with Gasteiger partial charge in [0.05, 0.1) is 11.0 Å². The van der Waals surface area contributed by atoms with E-state index in [-0.39, 0.29) is 0 Å². The van der Waals surface area contributed by atoms with Gasteiger partial charge in [0.2, 0.25) is 0 Å². The predicted molar refractivity (Wildman–Crippen MR) is 87.5 cm³/mol. The van der Waals surface area contributed by atoms with Gasteiger partial charge in [0.25, 0.3) is 0 Å². The molecule has 0 spiro atoms. The normalized spacial score (nSPS) is 12.9. The average Bonchev–Trinajstić information content (AvgIpc) is 2.81. The molecule has 3 heteroatoms. The van der Waals surface area contributed by atoms with Crippen LogP contribution in [0.25, 0.3) is 11.0 Å². The minimum Gasteiger partial charge on any atom is -0.328 e. The fourth-order valence-electron chi connectivity index (χ4n) is 2.78. The van der Waals surface area contributed by atoms with Crippen LogP contribution in [0.5, 0.6) is 0 Å². The highest BCUT2D eigenvalue weighted by Crippen LogP contribution is 2.22. The molecule has 0 fully saturated rings. The zero-order valence-corrected chi connectivity index (χ0v) is 13.4. The van der Waals surface area contributed by atoms with Gasteiger partial charge in [-0.15, -0.1) is 11.6 Å². The fourth-order valence-corrected chi connectivity index (χ4v) is 2.95. The second-order valence-electron chi connectivity index (χ2n) is 5.48. The van der Waals surface area contributed by atoms with Gasteiger partial charge in [-0.3, -0.25) is 0 Å². The monoisotopic (exact) mass is 292 g/mol. The van der Waals surface area contributed by atoms with Crippen LogP contribution in [0.4, 0.5) is 0 Å². The van der Waals surface area contributed by atoms with E-state index in [2.05, 4.69) is 42.7 Å². The number of alkyl halides is 1. The summed E-state index contributed by atoms with van der Waals surface area (Å²) >= 11 is 5.94. The molecule has 0 saturated heterocycles. The molecule has 1 unspecified atom stereocenters. The van der Waals surface area contributed by atoms with Crippen molar-refractivity contribution < 1.29 is 0 Å². The topological polar surface area (TPSA) is 17.8 Å². The molecule has 110 valence electrons. The standard InChI is InChI=1S/C17H25ClN2/c1-3-5-8-14(4-2)13-20-16-10-7-6-9-15(16)19-17(20)11-12-18/h6-7,9-10,14H,3-5,8,11-13H2,1-2H3. The van der Waals surface area contributed by atoms with E-state index in [0.717, 1.165) is 30.2 Å². The summed E-state index contributed by atoms with van der Waals surface area (Å²) in [6.07, 6.45) is 5.97. The minimum absolute atomic E-state index is 0.634. The number of aromatic nitrogens is 2. The summed E-state index contributed by atoms with van der Waals surface area (Å²) in [5, 5.41) is 0. The lowest BCUT2D eigenvalue weighted by atomic mass is 9.99. The van der Waals surface area contributed by atoms with Gasteiger partial charge < -0.3 is 4.57 Å². The second kappa shape index (κ2) is 7.68. The number of hydrogen-bond acceptors (Lipinski definition) is 1. The van der Waals surface area contributed by atoms with Crippen LogP contribution in [-0.2, 0) is 13.0 Å². The van der Waals surface area contributed by atoms with Crippen LogP contribution in [0, 0.1) is 5.92 Å². The molecule has 2 nitrogen and oxygen atoms in total. The van der Waals surface area contributed by atoms with Gasteiger partial charge in [0.1, 0.15) is 5.82 Å². The molecule has 2 aromatic rings. The van der Waals surface area contributed by atoms with Gasteiger partial charge in [0.15, 0.2) is 0 Å². The van der Waals surface area contributed by atoms with Gasteiger partial charge in [-0.25, -0.2) is 4.98 Å². The number of rotatable bonds is 8. The Morgan fingerprint density at radius 3 is 2.75 bits per heavy atom. The Morgan fingerprint density at radius 1 is 1.25 bits per heavy atom. The molecule has 1 atom stereocenters. The van der Waals surface area contributed by atoms with Crippen LogP contribution in [-0.4, -0.2) is 15.4 Å². The molecular weight excluding hydrogens is 268 g/mol.